The van der Waals surface area contributed by atoms with Gasteiger partial charge in [-0.25, -0.2) is 8.42 Å². The van der Waals surface area contributed by atoms with E-state index in [1.807, 2.05) is 25.1 Å². The summed E-state index contributed by atoms with van der Waals surface area (Å²) < 4.78 is 30.6. The first-order valence-electron chi connectivity index (χ1n) is 12.6. The molecule has 10 heteroatoms. The standard InChI is InChI=1S/C27H35Cl2N3O4S/c1-27(21-7-9-24(28)25(29)16-21,10-11-31-12-14-32(15-13-31)37(3,34)35)26(33)30-18-20-6-8-22(36-2)17-23(20)19-4-5-19/h6-9,16-17,19H,4-5,10-15,18H2,1-3H3,(H,30,33). The molecule has 0 bridgehead atoms. The number of amides is 1. The number of rotatable bonds is 10. The molecule has 2 aromatic rings. The van der Waals surface area contributed by atoms with Crippen molar-refractivity contribution in [1.82, 2.24) is 14.5 Å². The summed E-state index contributed by atoms with van der Waals surface area (Å²) in [7, 11) is -1.53. The number of carbonyl (C=O) groups excluding carboxylic acids is 1. The SMILES string of the molecule is COc1ccc(CNC(=O)C(C)(CCN2CCN(S(C)(=O)=O)CC2)c2ccc(Cl)c(Cl)c2)c(C2CC2)c1. The van der Waals surface area contributed by atoms with Gasteiger partial charge in [-0.1, -0.05) is 35.3 Å². The van der Waals surface area contributed by atoms with Crippen molar-refractivity contribution in [3.05, 3.63) is 63.1 Å². The molecule has 1 aliphatic heterocycles. The summed E-state index contributed by atoms with van der Waals surface area (Å²) in [4.78, 5) is 16.0. The van der Waals surface area contributed by atoms with Gasteiger partial charge in [-0.2, -0.15) is 4.31 Å². The third kappa shape index (κ3) is 6.79. The molecule has 37 heavy (non-hydrogen) atoms. The van der Waals surface area contributed by atoms with Crippen LogP contribution in [-0.4, -0.2) is 69.6 Å². The summed E-state index contributed by atoms with van der Waals surface area (Å²) >= 11 is 12.5. The topological polar surface area (TPSA) is 79.0 Å². The van der Waals surface area contributed by atoms with Crippen LogP contribution in [-0.2, 0) is 26.8 Å². The van der Waals surface area contributed by atoms with Crippen LogP contribution >= 0.6 is 23.2 Å². The molecule has 0 spiro atoms. The van der Waals surface area contributed by atoms with E-state index in [-0.39, 0.29) is 5.91 Å². The van der Waals surface area contributed by atoms with Crippen LogP contribution in [0.15, 0.2) is 36.4 Å². The monoisotopic (exact) mass is 567 g/mol. The van der Waals surface area contributed by atoms with Gasteiger partial charge in [-0.3, -0.25) is 4.79 Å². The van der Waals surface area contributed by atoms with Crippen LogP contribution in [0.3, 0.4) is 0 Å². The van der Waals surface area contributed by atoms with Gasteiger partial charge in [0.1, 0.15) is 5.75 Å². The molecule has 1 unspecified atom stereocenters. The zero-order valence-electron chi connectivity index (χ0n) is 21.6. The molecule has 1 saturated heterocycles. The fraction of sp³-hybridized carbons (Fsp3) is 0.519. The summed E-state index contributed by atoms with van der Waals surface area (Å²) in [5, 5.41) is 4.04. The fourth-order valence-corrected chi connectivity index (χ4v) is 6.03. The third-order valence-electron chi connectivity index (χ3n) is 7.60. The van der Waals surface area contributed by atoms with E-state index in [0.29, 0.717) is 61.7 Å². The van der Waals surface area contributed by atoms with Crippen LogP contribution in [0, 0.1) is 0 Å². The Morgan fingerprint density at radius 2 is 1.78 bits per heavy atom. The second-order valence-electron chi connectivity index (χ2n) is 10.2. The van der Waals surface area contributed by atoms with Crippen molar-refractivity contribution in [2.24, 2.45) is 0 Å². The highest BCUT2D eigenvalue weighted by Crippen LogP contribution is 2.43. The van der Waals surface area contributed by atoms with E-state index in [9.17, 15) is 13.2 Å². The van der Waals surface area contributed by atoms with Gasteiger partial charge in [0.05, 0.1) is 28.8 Å². The predicted octanol–water partition coefficient (Wildman–Crippen LogP) is 4.42. The molecule has 2 fully saturated rings. The van der Waals surface area contributed by atoms with Crippen molar-refractivity contribution >= 4 is 39.1 Å². The van der Waals surface area contributed by atoms with Crippen LogP contribution in [0.4, 0.5) is 0 Å². The minimum atomic E-state index is -3.19. The molecule has 1 atom stereocenters. The minimum Gasteiger partial charge on any atom is -0.497 e. The van der Waals surface area contributed by atoms with E-state index in [1.54, 1.807) is 19.2 Å². The lowest BCUT2D eigenvalue weighted by Crippen LogP contribution is -2.50. The Bertz CT molecular complexity index is 1240. The quantitative estimate of drug-likeness (QED) is 0.459. The van der Waals surface area contributed by atoms with Gasteiger partial charge in [-0.05, 0) is 79.6 Å². The average Bonchev–Trinajstić information content (AvgIpc) is 3.72. The van der Waals surface area contributed by atoms with Crippen molar-refractivity contribution in [3.8, 4) is 5.75 Å². The Labute approximate surface area is 230 Å². The maximum Gasteiger partial charge on any atom is 0.230 e. The molecular formula is C27H35Cl2N3O4S. The van der Waals surface area contributed by atoms with E-state index >= 15 is 0 Å². The Kier molecular flexibility index (Phi) is 8.75. The summed E-state index contributed by atoms with van der Waals surface area (Å²) in [5.74, 6) is 1.26. The highest BCUT2D eigenvalue weighted by Gasteiger charge is 2.37. The summed E-state index contributed by atoms with van der Waals surface area (Å²) in [5.41, 5.74) is 2.28. The van der Waals surface area contributed by atoms with Crippen molar-refractivity contribution in [2.75, 3.05) is 46.1 Å². The molecule has 0 radical (unpaired) electrons. The lowest BCUT2D eigenvalue weighted by atomic mass is 9.78. The predicted molar refractivity (Wildman–Crippen MR) is 148 cm³/mol. The maximum atomic E-state index is 13.8. The van der Waals surface area contributed by atoms with Crippen molar-refractivity contribution in [3.63, 3.8) is 0 Å². The zero-order chi connectivity index (χ0) is 26.8. The van der Waals surface area contributed by atoms with Crippen LogP contribution < -0.4 is 10.1 Å². The first-order valence-corrected chi connectivity index (χ1v) is 15.2. The molecule has 1 heterocycles. The van der Waals surface area contributed by atoms with Gasteiger partial charge in [0.15, 0.2) is 0 Å². The third-order valence-corrected chi connectivity index (χ3v) is 9.64. The number of piperazine rings is 1. The molecule has 1 saturated carbocycles. The Morgan fingerprint density at radius 1 is 1.08 bits per heavy atom. The first kappa shape index (κ1) is 28.2. The number of halogens is 2. The van der Waals surface area contributed by atoms with E-state index < -0.39 is 15.4 Å². The van der Waals surface area contributed by atoms with Crippen molar-refractivity contribution in [2.45, 2.75) is 44.1 Å². The minimum absolute atomic E-state index is 0.0850. The van der Waals surface area contributed by atoms with Gasteiger partial charge in [-0.15, -0.1) is 0 Å². The smallest absolute Gasteiger partial charge is 0.230 e. The normalized spacial score (nSPS) is 18.8. The Hall–Kier alpha value is -1.84. The number of ether oxygens (including phenoxy) is 1. The molecule has 2 aromatic carbocycles. The number of carbonyl (C=O) groups is 1. The lowest BCUT2D eigenvalue weighted by Gasteiger charge is -2.36. The van der Waals surface area contributed by atoms with Gasteiger partial charge >= 0.3 is 0 Å². The fourth-order valence-electron chi connectivity index (χ4n) is 4.90. The van der Waals surface area contributed by atoms with Crippen LogP contribution in [0.2, 0.25) is 10.0 Å². The molecule has 202 valence electrons. The molecule has 4 rings (SSSR count). The van der Waals surface area contributed by atoms with Gasteiger partial charge < -0.3 is 15.0 Å². The van der Waals surface area contributed by atoms with Gasteiger partial charge in [0.25, 0.3) is 0 Å². The average molecular weight is 569 g/mol. The molecule has 7 nitrogen and oxygen atoms in total. The number of nitrogens with one attached hydrogen (secondary N) is 1. The number of hydrogen-bond donors (Lipinski definition) is 1. The van der Waals surface area contributed by atoms with Crippen LogP contribution in [0.1, 0.15) is 48.8 Å². The number of hydrogen-bond acceptors (Lipinski definition) is 5. The van der Waals surface area contributed by atoms with Crippen molar-refractivity contribution < 1.29 is 17.9 Å². The summed E-state index contributed by atoms with van der Waals surface area (Å²) in [6.07, 6.45) is 4.10. The molecule has 1 amide bonds. The van der Waals surface area contributed by atoms with E-state index in [0.717, 1.165) is 29.7 Å². The maximum absolute atomic E-state index is 13.8. The highest BCUT2D eigenvalue weighted by molar-refractivity contribution is 7.88. The second-order valence-corrected chi connectivity index (χ2v) is 13.0. The summed E-state index contributed by atoms with van der Waals surface area (Å²) in [6.45, 7) is 5.18. The van der Waals surface area contributed by atoms with E-state index in [1.165, 1.54) is 16.1 Å². The number of methoxy groups -OCH3 is 1. The van der Waals surface area contributed by atoms with Crippen LogP contribution in [0.5, 0.6) is 5.75 Å². The number of nitrogens with zero attached hydrogens (tertiary/aromatic N) is 2. The van der Waals surface area contributed by atoms with Gasteiger partial charge in [0.2, 0.25) is 15.9 Å². The molecule has 1 aliphatic carbocycles. The molecule has 2 aliphatic rings. The number of sulfonamides is 1. The highest BCUT2D eigenvalue weighted by atomic mass is 35.5. The largest absolute Gasteiger partial charge is 0.497 e. The first-order chi connectivity index (χ1) is 17.5. The van der Waals surface area contributed by atoms with E-state index in [4.69, 9.17) is 27.9 Å². The summed E-state index contributed by atoms with van der Waals surface area (Å²) in [6, 6.07) is 11.4. The molecule has 0 aromatic heterocycles. The zero-order valence-corrected chi connectivity index (χ0v) is 23.9. The van der Waals surface area contributed by atoms with Crippen molar-refractivity contribution in [1.29, 1.82) is 0 Å². The Morgan fingerprint density at radius 3 is 2.38 bits per heavy atom. The lowest BCUT2D eigenvalue weighted by molar-refractivity contribution is -0.126. The van der Waals surface area contributed by atoms with Gasteiger partial charge in [0, 0.05) is 32.7 Å². The van der Waals surface area contributed by atoms with E-state index in [2.05, 4.69) is 16.3 Å². The number of benzene rings is 2. The second kappa shape index (κ2) is 11.5. The molecule has 1 N–H and O–H groups in total. The van der Waals surface area contributed by atoms with Crippen LogP contribution in [0.25, 0.3) is 0 Å². The molecular weight excluding hydrogens is 533 g/mol. The Balaban J connectivity index is 1.50.